The van der Waals surface area contributed by atoms with Crippen molar-refractivity contribution in [3.8, 4) is 28.0 Å². The molecule has 3 aliphatic heterocycles. The van der Waals surface area contributed by atoms with Gasteiger partial charge in [-0.3, -0.25) is 39.3 Å². The van der Waals surface area contributed by atoms with Gasteiger partial charge in [0.25, 0.3) is 5.56 Å². The third kappa shape index (κ3) is 24.8. The third-order valence-corrected chi connectivity index (χ3v) is 23.5. The Balaban J connectivity index is 0.000000218. The summed E-state index contributed by atoms with van der Waals surface area (Å²) in [6.45, 7) is 49.3. The number of piperazine rings is 3. The molecule has 3 unspecified atom stereocenters. The number of pyridine rings is 7. The minimum absolute atomic E-state index is 0. The van der Waals surface area contributed by atoms with E-state index in [0.29, 0.717) is 65.3 Å². The van der Waals surface area contributed by atoms with E-state index < -0.39 is 25.8 Å². The topological polar surface area (TPSA) is 286 Å². The minimum Gasteiger partial charge on any atom is -0.870 e. The van der Waals surface area contributed by atoms with Gasteiger partial charge in [0.2, 0.25) is 0 Å². The van der Waals surface area contributed by atoms with Gasteiger partial charge in [-0.05, 0) is 236 Å². The number of ether oxygens (including phenoxy) is 3. The summed E-state index contributed by atoms with van der Waals surface area (Å²) in [7, 11) is 0.106. The van der Waals surface area contributed by atoms with E-state index in [1.165, 1.54) is 12.0 Å². The van der Waals surface area contributed by atoms with E-state index in [1.54, 1.807) is 32.0 Å². The molecule has 3 atom stereocenters. The van der Waals surface area contributed by atoms with Crippen LogP contribution in [0.1, 0.15) is 191 Å². The summed E-state index contributed by atoms with van der Waals surface area (Å²) < 4.78 is 61.6. The number of halogens is 5. The number of carboxylic acid groups (broad SMARTS) is 1. The number of H-pyrrole nitrogens is 1. The number of rotatable bonds is 20. The van der Waals surface area contributed by atoms with Crippen LogP contribution in [0.5, 0.6) is 5.75 Å². The number of esters is 2. The van der Waals surface area contributed by atoms with Crippen LogP contribution in [0.25, 0.3) is 38.8 Å². The maximum Gasteiger partial charge on any atom is 1.00 e. The van der Waals surface area contributed by atoms with E-state index in [4.69, 9.17) is 36.0 Å². The number of aromatic amines is 1. The standard InChI is InChI=1S/C28H38N4O2.C25H32N4O2.C21H27BrF3N3O2.C8H11ClN2O2.C7H10BNO2.Na.H2O/c1-8-30-13-15-31(16-14-30)22(7)27-20(5)25(28(33)34-18(2)3)17-26-24(11-12-32(26)27)23-10-9-19(4)29-21(23)6;1-6-27-11-13-28(14-12-27)19(5)24-17(3)22(25(30)31)15-23-21(9-10-29(23)24)20-8-7-16(2)26-18(20)4;1-13(2)30-20(29)16-11-18-17(22)5-6-28(18)19(14(16)3)15(4)27-9-7-26(8-10-27)12-21(23,24)25;1-5-3-7(13-2)6(4-10-9)8(12)11-5;1-5-3-4-7(8(10)11)6(2)9-5;;/h9-12,17-18,22H,8,13-16H2,1-7H3;7-10,15,19H,6,11-14H2,1-5H3,(H,30,31);5-6,11,13,15H,7-10,12H2,1-4H3;3,10H,4H2,1-2H3,(H,11,12);3-4,10-11H,1-2H3;;1H2/q;;;;;+1;/p-1. The van der Waals surface area contributed by atoms with Gasteiger partial charge >= 0.3 is 60.8 Å². The molecule has 0 saturated carbocycles. The molecule has 3 saturated heterocycles. The van der Waals surface area contributed by atoms with E-state index in [2.05, 4.69) is 145 Å². The summed E-state index contributed by atoms with van der Waals surface area (Å²) in [6, 6.07) is 25.5. The van der Waals surface area contributed by atoms with E-state index in [1.807, 2.05) is 130 Å². The summed E-state index contributed by atoms with van der Waals surface area (Å²) >= 11 is 8.86. The molecule has 10 aromatic rings. The van der Waals surface area contributed by atoms with Gasteiger partial charge in [-0.15, -0.1) is 0 Å². The van der Waals surface area contributed by atoms with Gasteiger partial charge in [-0.1, -0.05) is 32.0 Å². The Labute approximate surface area is 744 Å². The number of nitrogens with one attached hydrogen (secondary N) is 2. The predicted octanol–water partition coefficient (Wildman–Crippen LogP) is 11.5. The van der Waals surface area contributed by atoms with Crippen LogP contribution >= 0.6 is 27.7 Å². The van der Waals surface area contributed by atoms with Crippen LogP contribution in [0.4, 0.5) is 13.2 Å². The number of aromatic nitrogens is 7. The smallest absolute Gasteiger partial charge is 0.870 e. The number of hydrogen-bond acceptors (Lipinski definition) is 20. The van der Waals surface area contributed by atoms with Gasteiger partial charge in [0.05, 0.1) is 64.7 Å². The maximum atomic E-state index is 13.2. The summed E-state index contributed by atoms with van der Waals surface area (Å²) in [5, 5.41) is 27.6. The van der Waals surface area contributed by atoms with Gasteiger partial charge in [-0.25, -0.2) is 19.2 Å². The Bertz CT molecular complexity index is 5270. The van der Waals surface area contributed by atoms with Crippen LogP contribution in [0.2, 0.25) is 0 Å². The summed E-state index contributed by atoms with van der Waals surface area (Å²) in [6.07, 6.45) is 1.58. The van der Waals surface area contributed by atoms with Crippen molar-refractivity contribution >= 4 is 74.7 Å². The van der Waals surface area contributed by atoms with Crippen molar-refractivity contribution in [2.24, 2.45) is 0 Å². The van der Waals surface area contributed by atoms with E-state index in [-0.39, 0.29) is 89.4 Å². The average molecular weight is 1770 g/mol. The second-order valence-corrected chi connectivity index (χ2v) is 32.6. The Morgan fingerprint density at radius 2 is 0.917 bits per heavy atom. The van der Waals surface area contributed by atoms with E-state index in [0.717, 1.165) is 177 Å². The number of aryl methyl sites for hydroxylation is 7. The molecule has 0 aliphatic carbocycles. The first-order chi connectivity index (χ1) is 56.3. The molecule has 0 bridgehead atoms. The first-order valence-electron chi connectivity index (χ1n) is 40.8. The Morgan fingerprint density at radius 3 is 1.28 bits per heavy atom. The molecule has 13 heterocycles. The van der Waals surface area contributed by atoms with E-state index >= 15 is 0 Å². The zero-order valence-electron chi connectivity index (χ0n) is 73.9. The molecule has 32 heteroatoms. The van der Waals surface area contributed by atoms with Crippen molar-refractivity contribution in [1.82, 2.24) is 67.4 Å². The molecule has 121 heavy (non-hydrogen) atoms. The molecule has 6 N–H and O–H groups in total. The fourth-order valence-electron chi connectivity index (χ4n) is 16.3. The molecule has 25 nitrogen and oxygen atoms in total. The number of methoxy groups -OCH3 is 1. The molecule has 10 aromatic heterocycles. The molecule has 650 valence electrons. The van der Waals surface area contributed by atoms with Crippen LogP contribution in [-0.4, -0.2) is 232 Å². The molecule has 0 aromatic carbocycles. The molecule has 13 rings (SSSR count). The quantitative estimate of drug-likeness (QED) is 0.0269. The second-order valence-electron chi connectivity index (χ2n) is 31.5. The summed E-state index contributed by atoms with van der Waals surface area (Å²) in [4.78, 5) is 81.4. The number of carbonyl (C=O) groups is 3. The van der Waals surface area contributed by atoms with Gasteiger partial charge in [0.15, 0.2) is 0 Å². The number of alkyl halides is 3. The Hall–Kier alpha value is -7.89. The van der Waals surface area contributed by atoms with Crippen LogP contribution in [0.3, 0.4) is 0 Å². The number of carbonyl (C=O) groups excluding carboxylic acids is 2. The first-order valence-corrected chi connectivity index (χ1v) is 42.0. The summed E-state index contributed by atoms with van der Waals surface area (Å²) in [5.41, 5.74) is 21.4. The van der Waals surface area contributed by atoms with Crippen molar-refractivity contribution < 1.29 is 92.0 Å². The van der Waals surface area contributed by atoms with Gasteiger partial charge in [0, 0.05) is 211 Å². The maximum absolute atomic E-state index is 13.2. The summed E-state index contributed by atoms with van der Waals surface area (Å²) in [5.74, 6) is -0.962. The second kappa shape index (κ2) is 44.6. The fourth-order valence-corrected chi connectivity index (χ4v) is 16.9. The molecule has 0 spiro atoms. The molecule has 3 fully saturated rings. The monoisotopic (exact) mass is 1760 g/mol. The van der Waals surface area contributed by atoms with Crippen molar-refractivity contribution in [1.29, 1.82) is 0 Å². The number of aromatic carboxylic acids is 1. The number of hydrogen-bond donors (Lipinski definition) is 5. The van der Waals surface area contributed by atoms with E-state index in [9.17, 15) is 37.5 Å². The fraction of sp³-hybridized carbons (Fsp3) is 0.472. The van der Waals surface area contributed by atoms with Crippen LogP contribution in [0, 0.1) is 69.2 Å². The van der Waals surface area contributed by atoms with Crippen molar-refractivity contribution in [2.75, 3.05) is 105 Å². The van der Waals surface area contributed by atoms with Gasteiger partial charge < -0.3 is 62.8 Å². The molecule has 0 amide bonds. The number of nitrogens with zero attached hydrogens (tertiary/aromatic N) is 12. The molecule has 0 radical (unpaired) electrons. The van der Waals surface area contributed by atoms with Gasteiger partial charge in [0.1, 0.15) is 5.75 Å². The zero-order chi connectivity index (χ0) is 87.3. The van der Waals surface area contributed by atoms with Crippen molar-refractivity contribution in [2.45, 2.75) is 175 Å². The third-order valence-electron chi connectivity index (χ3n) is 22.7. The predicted molar refractivity (Wildman–Crippen MR) is 471 cm³/mol. The normalized spacial score (nSPS) is 15.2. The Morgan fingerprint density at radius 1 is 0.545 bits per heavy atom. The van der Waals surface area contributed by atoms with Crippen LogP contribution in [0.15, 0.2) is 107 Å². The van der Waals surface area contributed by atoms with Gasteiger partial charge in [-0.2, -0.15) is 13.2 Å². The number of carboxylic acids is 1. The molecule has 3 aliphatic rings. The SMILES string of the molecule is CCN1CCN(C(C)c2c(C)c(C(=O)O)cc3c(-c4ccc(C)nc4C)ccn23)CC1.CCN1CCN(C(C)c2c(C)c(C(=O)OC(C)C)cc3c(-c4ccc(C)nc4C)ccn23)CC1.COc1cc(C)[nH]c(=O)c1CNCl.Cc1c(C(=O)OC(C)C)cc2c(Br)ccn2c1C(C)N1CCN(CC(F)(F)F)CC1.Cc1ccc(B(O)O)c(C)n1.[Na+].[OH-]. The average Bonchev–Trinajstić information content (AvgIpc) is 1.64. The largest absolute Gasteiger partial charge is 1.00 e. The molecular weight excluding hydrogens is 1650 g/mol. The number of likely N-dealkylation sites (N-methyl/N-ethyl adjacent to an activating group) is 2. The van der Waals surface area contributed by atoms with Crippen LogP contribution in [-0.2, 0) is 16.0 Å². The molecular formula is C89H119BBrClF3N14NaO11. The van der Waals surface area contributed by atoms with Crippen LogP contribution < -0.4 is 50.2 Å². The van der Waals surface area contributed by atoms with Crippen molar-refractivity contribution in [3.05, 3.63) is 208 Å². The zero-order valence-corrected chi connectivity index (χ0v) is 78.3. The number of fused-ring (bicyclic) bond motifs is 3. The first kappa shape index (κ1) is 100. The Kier molecular flexibility index (Phi) is 37.0. The van der Waals surface area contributed by atoms with Crippen molar-refractivity contribution in [3.63, 3.8) is 0 Å². The minimum atomic E-state index is -4.18.